The summed E-state index contributed by atoms with van der Waals surface area (Å²) in [5, 5.41) is 12.0. The monoisotopic (exact) mass is 408 g/mol. The predicted molar refractivity (Wildman–Crippen MR) is 106 cm³/mol. The van der Waals surface area contributed by atoms with E-state index in [-0.39, 0.29) is 16.8 Å². The summed E-state index contributed by atoms with van der Waals surface area (Å²) in [6.45, 7) is 0. The molecule has 152 valence electrons. The Morgan fingerprint density at radius 3 is 2.70 bits per heavy atom. The summed E-state index contributed by atoms with van der Waals surface area (Å²) in [4.78, 5) is 16.3. The molecule has 7 nitrogen and oxygen atoms in total. The van der Waals surface area contributed by atoms with Crippen LogP contribution in [0.1, 0.15) is 24.8 Å². The van der Waals surface area contributed by atoms with Gasteiger partial charge in [0.2, 0.25) is 5.91 Å². The molecule has 0 bridgehead atoms. The molecule has 0 unspecified atom stereocenters. The zero-order chi connectivity index (χ0) is 21.0. The van der Waals surface area contributed by atoms with Gasteiger partial charge in [0, 0.05) is 29.8 Å². The average molecular weight is 408 g/mol. The smallest absolute Gasteiger partial charge is 0.228 e. The fraction of sp³-hybridized carbons (Fsp3) is 0.238. The number of aromatic nitrogens is 5. The Labute approximate surface area is 169 Å². The Morgan fingerprint density at radius 2 is 2.07 bits per heavy atom. The number of fused-ring (bicyclic) bond motifs is 1. The van der Waals surface area contributed by atoms with E-state index < -0.39 is 23.0 Å². The number of hydrogen-bond acceptors (Lipinski definition) is 4. The summed E-state index contributed by atoms with van der Waals surface area (Å²) in [6, 6.07) is 4.07. The van der Waals surface area contributed by atoms with Crippen LogP contribution in [0, 0.1) is 11.6 Å². The van der Waals surface area contributed by atoms with Crippen molar-refractivity contribution >= 4 is 16.8 Å². The van der Waals surface area contributed by atoms with Crippen LogP contribution in [0.25, 0.3) is 33.4 Å². The lowest BCUT2D eigenvalue weighted by Crippen LogP contribution is -2.47. The minimum absolute atomic E-state index is 0.116. The molecule has 0 saturated heterocycles. The number of nitrogens with one attached hydrogen (secondary N) is 1. The van der Waals surface area contributed by atoms with Crippen molar-refractivity contribution in [3.05, 3.63) is 54.0 Å². The molecule has 5 rings (SSSR count). The molecule has 0 atom stereocenters. The maximum atomic E-state index is 15.5. The van der Waals surface area contributed by atoms with Crippen LogP contribution in [0.2, 0.25) is 0 Å². The van der Waals surface area contributed by atoms with Gasteiger partial charge in [0.15, 0.2) is 0 Å². The maximum absolute atomic E-state index is 15.5. The highest BCUT2D eigenvalue weighted by molar-refractivity contribution is 5.94. The lowest BCUT2D eigenvalue weighted by atomic mass is 9.63. The average Bonchev–Trinajstić information content (AvgIpc) is 3.28. The molecule has 0 spiro atoms. The topological polar surface area (TPSA) is 102 Å². The first-order valence-corrected chi connectivity index (χ1v) is 9.52. The molecule has 1 amide bonds. The van der Waals surface area contributed by atoms with Gasteiger partial charge < -0.3 is 5.73 Å². The Balaban J connectivity index is 1.69. The second-order valence-corrected chi connectivity index (χ2v) is 7.67. The van der Waals surface area contributed by atoms with Crippen molar-refractivity contribution in [3.63, 3.8) is 0 Å². The van der Waals surface area contributed by atoms with Crippen LogP contribution in [0.3, 0.4) is 0 Å². The number of rotatable bonds is 4. The number of carbonyl (C=O) groups is 1. The first-order valence-electron chi connectivity index (χ1n) is 9.52. The zero-order valence-corrected chi connectivity index (χ0v) is 16.1. The van der Waals surface area contributed by atoms with Crippen LogP contribution >= 0.6 is 0 Å². The fourth-order valence-corrected chi connectivity index (χ4v) is 4.15. The first kappa shape index (κ1) is 18.4. The van der Waals surface area contributed by atoms with Gasteiger partial charge in [0.1, 0.15) is 17.3 Å². The molecule has 0 radical (unpaired) electrons. The van der Waals surface area contributed by atoms with E-state index in [9.17, 15) is 9.18 Å². The molecule has 0 aliphatic heterocycles. The number of halogens is 2. The third-order valence-corrected chi connectivity index (χ3v) is 5.97. The van der Waals surface area contributed by atoms with E-state index in [2.05, 4.69) is 20.3 Å². The second kappa shape index (κ2) is 6.45. The van der Waals surface area contributed by atoms with E-state index >= 15 is 4.39 Å². The lowest BCUT2D eigenvalue weighted by Gasteiger charge is -2.39. The number of hydrogen-bond donors (Lipinski definition) is 2. The number of aromatic amines is 1. The van der Waals surface area contributed by atoms with Crippen molar-refractivity contribution in [3.8, 4) is 22.5 Å². The van der Waals surface area contributed by atoms with Crippen molar-refractivity contribution in [2.45, 2.75) is 24.7 Å². The van der Waals surface area contributed by atoms with E-state index in [0.717, 1.165) is 12.0 Å². The summed E-state index contributed by atoms with van der Waals surface area (Å²) in [5.74, 6) is -2.15. The Morgan fingerprint density at radius 1 is 1.27 bits per heavy atom. The predicted octanol–water partition coefficient (Wildman–Crippen LogP) is 3.21. The number of carbonyl (C=O) groups excluding carboxylic acids is 1. The summed E-state index contributed by atoms with van der Waals surface area (Å²) in [5.41, 5.74) is 6.44. The number of primary amides is 1. The highest BCUT2D eigenvalue weighted by Gasteiger charge is 2.46. The minimum Gasteiger partial charge on any atom is -0.369 e. The van der Waals surface area contributed by atoms with E-state index in [1.165, 1.54) is 18.3 Å². The highest BCUT2D eigenvalue weighted by Crippen LogP contribution is 2.46. The highest BCUT2D eigenvalue weighted by atomic mass is 19.1. The number of H-pyrrole nitrogens is 1. The standard InChI is InChI=1S/C21H18F2N6O/c1-29-10-11(8-26-29)19-12-7-15(25-9-16(12)27-28-19)17-14(22)4-3-13(18(17)23)21(20(24)30)5-2-6-21/h3-4,7-10H,2,5-6H2,1H3,(H2,24,30)(H,27,28). The minimum atomic E-state index is -1.09. The SMILES string of the molecule is Cn1cc(-c2n[nH]c3cnc(-c4c(F)ccc(C5(C(N)=O)CCC5)c4F)cc23)cn1. The molecule has 3 heterocycles. The lowest BCUT2D eigenvalue weighted by molar-refractivity contribution is -0.126. The third kappa shape index (κ3) is 2.54. The van der Waals surface area contributed by atoms with Crippen LogP contribution in [-0.2, 0) is 17.3 Å². The molecule has 3 N–H and O–H groups in total. The summed E-state index contributed by atoms with van der Waals surface area (Å²) in [6.07, 6.45) is 6.60. The molecule has 30 heavy (non-hydrogen) atoms. The van der Waals surface area contributed by atoms with Gasteiger partial charge in [-0.15, -0.1) is 0 Å². The fourth-order valence-electron chi connectivity index (χ4n) is 4.15. The van der Waals surface area contributed by atoms with Crippen molar-refractivity contribution < 1.29 is 13.6 Å². The zero-order valence-electron chi connectivity index (χ0n) is 16.1. The Bertz CT molecular complexity index is 1300. The molecule has 1 aromatic carbocycles. The van der Waals surface area contributed by atoms with Gasteiger partial charge in [-0.25, -0.2) is 8.78 Å². The molecule has 3 aromatic heterocycles. The molecular weight excluding hydrogens is 390 g/mol. The van der Waals surface area contributed by atoms with Crippen LogP contribution < -0.4 is 5.73 Å². The van der Waals surface area contributed by atoms with Crippen molar-refractivity contribution in [2.24, 2.45) is 12.8 Å². The van der Waals surface area contributed by atoms with E-state index in [1.54, 1.807) is 30.2 Å². The quantitative estimate of drug-likeness (QED) is 0.541. The maximum Gasteiger partial charge on any atom is 0.228 e. The van der Waals surface area contributed by atoms with Crippen molar-refractivity contribution in [2.75, 3.05) is 0 Å². The number of amides is 1. The molecular formula is C21H18F2N6O. The number of nitrogens with zero attached hydrogens (tertiary/aromatic N) is 4. The summed E-state index contributed by atoms with van der Waals surface area (Å²) < 4.78 is 31.9. The van der Waals surface area contributed by atoms with E-state index in [0.29, 0.717) is 29.4 Å². The molecule has 1 fully saturated rings. The van der Waals surface area contributed by atoms with Crippen molar-refractivity contribution in [1.82, 2.24) is 25.0 Å². The van der Waals surface area contributed by atoms with Crippen LogP contribution in [0.15, 0.2) is 36.8 Å². The largest absolute Gasteiger partial charge is 0.369 e. The number of benzene rings is 1. The summed E-state index contributed by atoms with van der Waals surface area (Å²) in [7, 11) is 1.79. The van der Waals surface area contributed by atoms with Gasteiger partial charge in [0.05, 0.1) is 34.6 Å². The first-order chi connectivity index (χ1) is 14.4. The van der Waals surface area contributed by atoms with Crippen LogP contribution in [0.5, 0.6) is 0 Å². The van der Waals surface area contributed by atoms with Gasteiger partial charge in [-0.3, -0.25) is 19.6 Å². The van der Waals surface area contributed by atoms with Gasteiger partial charge in [-0.1, -0.05) is 12.5 Å². The summed E-state index contributed by atoms with van der Waals surface area (Å²) >= 11 is 0. The molecule has 4 aromatic rings. The third-order valence-electron chi connectivity index (χ3n) is 5.97. The molecule has 1 aliphatic carbocycles. The van der Waals surface area contributed by atoms with Gasteiger partial charge in [-0.2, -0.15) is 10.2 Å². The van der Waals surface area contributed by atoms with Crippen LogP contribution in [0.4, 0.5) is 8.78 Å². The van der Waals surface area contributed by atoms with Gasteiger partial charge in [0.25, 0.3) is 0 Å². The molecule has 1 saturated carbocycles. The Kier molecular flexibility index (Phi) is 3.96. The van der Waals surface area contributed by atoms with Gasteiger partial charge in [-0.05, 0) is 25.0 Å². The van der Waals surface area contributed by atoms with Crippen molar-refractivity contribution in [1.29, 1.82) is 0 Å². The van der Waals surface area contributed by atoms with E-state index in [4.69, 9.17) is 5.73 Å². The van der Waals surface area contributed by atoms with Gasteiger partial charge >= 0.3 is 0 Å². The number of aryl methyl sites for hydroxylation is 1. The second-order valence-electron chi connectivity index (χ2n) is 7.67. The molecule has 9 heteroatoms. The van der Waals surface area contributed by atoms with E-state index in [1.807, 2.05) is 0 Å². The number of nitrogens with two attached hydrogens (primary N) is 1. The molecule has 1 aliphatic rings. The van der Waals surface area contributed by atoms with Crippen LogP contribution in [-0.4, -0.2) is 30.9 Å². The Hall–Kier alpha value is -3.62. The number of pyridine rings is 1. The normalized spacial score (nSPS) is 15.3.